The third-order valence-electron chi connectivity index (χ3n) is 2.32. The van der Waals surface area contributed by atoms with Crippen molar-refractivity contribution in [1.29, 1.82) is 0 Å². The molecule has 0 spiro atoms. The highest BCUT2D eigenvalue weighted by molar-refractivity contribution is 5.83. The van der Waals surface area contributed by atoms with E-state index < -0.39 is 30.5 Å². The molecular weight excluding hydrogens is 255 g/mol. The molecule has 0 aliphatic rings. The number of amidine groups is 1. The molecule has 0 amide bonds. The minimum atomic E-state index is -4.61. The fourth-order valence-corrected chi connectivity index (χ4v) is 1.34. The minimum Gasteiger partial charge on any atom is -0.409 e. The average Bonchev–Trinajstić information content (AvgIpc) is 2.27. The second kappa shape index (κ2) is 8.11. The lowest BCUT2D eigenvalue weighted by Crippen LogP contribution is -2.46. The van der Waals surface area contributed by atoms with Crippen LogP contribution >= 0.6 is 0 Å². The summed E-state index contributed by atoms with van der Waals surface area (Å²) in [5, 5.41) is 22.0. The first-order valence-corrected chi connectivity index (χ1v) is 5.24. The monoisotopic (exact) mass is 273 g/mol. The van der Waals surface area contributed by atoms with Crippen molar-refractivity contribution >= 4 is 5.84 Å². The number of halogens is 3. The summed E-state index contributed by atoms with van der Waals surface area (Å²) in [4.78, 5) is 0. The zero-order valence-electron chi connectivity index (χ0n) is 9.94. The molecule has 0 bridgehead atoms. The van der Waals surface area contributed by atoms with Crippen molar-refractivity contribution in [1.82, 2.24) is 5.32 Å². The highest BCUT2D eigenvalue weighted by Crippen LogP contribution is 2.26. The number of oxime groups is 1. The number of methoxy groups -OCH3 is 1. The molecule has 0 aromatic carbocycles. The molecule has 2 atom stereocenters. The highest BCUT2D eigenvalue weighted by Gasteiger charge is 2.42. The molecule has 0 fully saturated rings. The predicted molar refractivity (Wildman–Crippen MR) is 58.3 cm³/mol. The molecule has 6 nitrogen and oxygen atoms in total. The summed E-state index contributed by atoms with van der Waals surface area (Å²) in [6.07, 6.45) is -4.37. The van der Waals surface area contributed by atoms with Gasteiger partial charge >= 0.3 is 6.18 Å². The van der Waals surface area contributed by atoms with E-state index in [1.54, 1.807) is 0 Å². The molecule has 5 N–H and O–H groups in total. The second-order valence-electron chi connectivity index (χ2n) is 3.69. The van der Waals surface area contributed by atoms with E-state index in [9.17, 15) is 13.2 Å². The fourth-order valence-electron chi connectivity index (χ4n) is 1.34. The van der Waals surface area contributed by atoms with Crippen LogP contribution < -0.4 is 11.1 Å². The number of hydrogen-bond acceptors (Lipinski definition) is 5. The normalized spacial score (nSPS) is 16.6. The van der Waals surface area contributed by atoms with Gasteiger partial charge < -0.3 is 26.1 Å². The van der Waals surface area contributed by atoms with Gasteiger partial charge in [-0.2, -0.15) is 13.2 Å². The van der Waals surface area contributed by atoms with Gasteiger partial charge in [-0.25, -0.2) is 0 Å². The Hall–Kier alpha value is -1.06. The van der Waals surface area contributed by atoms with Crippen LogP contribution in [0.1, 0.15) is 6.42 Å². The van der Waals surface area contributed by atoms with Crippen molar-refractivity contribution in [2.45, 2.75) is 18.6 Å². The van der Waals surface area contributed by atoms with Gasteiger partial charge in [0.1, 0.15) is 5.92 Å². The molecule has 108 valence electrons. The summed E-state index contributed by atoms with van der Waals surface area (Å²) in [7, 11) is 1.40. The van der Waals surface area contributed by atoms with Crippen LogP contribution in [0.15, 0.2) is 5.16 Å². The van der Waals surface area contributed by atoms with Crippen LogP contribution in [0.5, 0.6) is 0 Å². The Labute approximate surface area is 103 Å². The van der Waals surface area contributed by atoms with E-state index in [4.69, 9.17) is 20.8 Å². The van der Waals surface area contributed by atoms with Crippen LogP contribution in [0.25, 0.3) is 0 Å². The first-order chi connectivity index (χ1) is 8.36. The number of alkyl halides is 3. The van der Waals surface area contributed by atoms with E-state index in [1.165, 1.54) is 7.11 Å². The van der Waals surface area contributed by atoms with Gasteiger partial charge in [-0.05, 0) is 6.42 Å². The van der Waals surface area contributed by atoms with Crippen molar-refractivity contribution in [3.05, 3.63) is 0 Å². The summed E-state index contributed by atoms with van der Waals surface area (Å²) in [5.74, 6) is -2.99. The first-order valence-electron chi connectivity index (χ1n) is 5.24. The predicted octanol–water partition coefficient (Wildman–Crippen LogP) is -0.102. The largest absolute Gasteiger partial charge is 0.409 e. The third-order valence-corrected chi connectivity index (χ3v) is 2.32. The van der Waals surface area contributed by atoms with Crippen molar-refractivity contribution in [3.8, 4) is 0 Å². The van der Waals surface area contributed by atoms with Crippen LogP contribution in [-0.4, -0.2) is 55.2 Å². The SMILES string of the molecule is COCC(CCO)NCC(C(N)=NO)C(F)(F)F. The van der Waals surface area contributed by atoms with E-state index in [-0.39, 0.29) is 19.6 Å². The van der Waals surface area contributed by atoms with E-state index in [2.05, 4.69) is 10.5 Å². The van der Waals surface area contributed by atoms with Gasteiger partial charge in [0.15, 0.2) is 5.84 Å². The van der Waals surface area contributed by atoms with Gasteiger partial charge in [0.25, 0.3) is 0 Å². The Morgan fingerprint density at radius 1 is 1.50 bits per heavy atom. The lowest BCUT2D eigenvalue weighted by molar-refractivity contribution is -0.155. The maximum atomic E-state index is 12.6. The molecule has 18 heavy (non-hydrogen) atoms. The molecule has 9 heteroatoms. The van der Waals surface area contributed by atoms with Crippen LogP contribution in [0, 0.1) is 5.92 Å². The lowest BCUT2D eigenvalue weighted by Gasteiger charge is -2.23. The Kier molecular flexibility index (Phi) is 7.64. The summed E-state index contributed by atoms with van der Waals surface area (Å²) in [6, 6.07) is -0.434. The number of ether oxygens (including phenoxy) is 1. The van der Waals surface area contributed by atoms with E-state index in [0.717, 1.165) is 0 Å². The molecule has 0 aliphatic heterocycles. The maximum absolute atomic E-state index is 12.6. The average molecular weight is 273 g/mol. The van der Waals surface area contributed by atoms with Crippen molar-refractivity contribution < 1.29 is 28.2 Å². The summed E-state index contributed by atoms with van der Waals surface area (Å²) < 4.78 is 42.6. The van der Waals surface area contributed by atoms with Crippen molar-refractivity contribution in [2.75, 3.05) is 26.9 Å². The molecule has 2 unspecified atom stereocenters. The number of hydrogen-bond donors (Lipinski definition) is 4. The Balaban J connectivity index is 4.50. The van der Waals surface area contributed by atoms with Crippen LogP contribution in [-0.2, 0) is 4.74 Å². The standard InChI is InChI=1S/C9H18F3N3O3/c1-18-5-6(2-3-16)14-4-7(8(13)15-17)9(10,11)12/h6-7,14,16-17H,2-5H2,1H3,(H2,13,15). The van der Waals surface area contributed by atoms with E-state index in [1.807, 2.05) is 0 Å². The molecule has 0 radical (unpaired) electrons. The van der Waals surface area contributed by atoms with Gasteiger partial charge in [0, 0.05) is 26.3 Å². The topological polar surface area (TPSA) is 100 Å². The zero-order chi connectivity index (χ0) is 14.2. The number of aliphatic hydroxyl groups is 1. The number of nitrogens with zero attached hydrogens (tertiary/aromatic N) is 1. The Morgan fingerprint density at radius 3 is 2.50 bits per heavy atom. The Morgan fingerprint density at radius 2 is 2.11 bits per heavy atom. The number of nitrogens with one attached hydrogen (secondary N) is 1. The number of aliphatic hydroxyl groups excluding tert-OH is 1. The van der Waals surface area contributed by atoms with Crippen molar-refractivity contribution in [2.24, 2.45) is 16.8 Å². The third kappa shape index (κ3) is 6.03. The summed E-state index contributed by atoms with van der Waals surface area (Å²) in [5.41, 5.74) is 5.00. The zero-order valence-corrected chi connectivity index (χ0v) is 9.94. The van der Waals surface area contributed by atoms with Crippen molar-refractivity contribution in [3.63, 3.8) is 0 Å². The van der Waals surface area contributed by atoms with Crippen LogP contribution in [0.2, 0.25) is 0 Å². The quantitative estimate of drug-likeness (QED) is 0.214. The summed E-state index contributed by atoms with van der Waals surface area (Å²) >= 11 is 0. The fraction of sp³-hybridized carbons (Fsp3) is 0.889. The lowest BCUT2D eigenvalue weighted by atomic mass is 10.1. The highest BCUT2D eigenvalue weighted by atomic mass is 19.4. The summed E-state index contributed by atoms with van der Waals surface area (Å²) in [6.45, 7) is -0.573. The molecule has 0 rings (SSSR count). The molecule has 0 saturated heterocycles. The molecule has 0 aromatic rings. The molecule has 0 aromatic heterocycles. The van der Waals surface area contributed by atoms with Crippen LogP contribution in [0.3, 0.4) is 0 Å². The van der Waals surface area contributed by atoms with Gasteiger partial charge in [-0.3, -0.25) is 0 Å². The maximum Gasteiger partial charge on any atom is 0.400 e. The number of rotatable bonds is 8. The van der Waals surface area contributed by atoms with Gasteiger partial charge in [0.05, 0.1) is 6.61 Å². The van der Waals surface area contributed by atoms with Gasteiger partial charge in [0.2, 0.25) is 0 Å². The first kappa shape index (κ1) is 16.9. The molecular formula is C9H18F3N3O3. The Bertz CT molecular complexity index is 255. The smallest absolute Gasteiger partial charge is 0.400 e. The second-order valence-corrected chi connectivity index (χ2v) is 3.69. The minimum absolute atomic E-state index is 0.154. The van der Waals surface area contributed by atoms with E-state index >= 15 is 0 Å². The van der Waals surface area contributed by atoms with Gasteiger partial charge in [-0.15, -0.1) is 0 Å². The van der Waals surface area contributed by atoms with Gasteiger partial charge in [-0.1, -0.05) is 5.16 Å². The molecule has 0 saturated carbocycles. The van der Waals surface area contributed by atoms with Crippen LogP contribution in [0.4, 0.5) is 13.2 Å². The molecule has 0 aliphatic carbocycles. The number of nitrogens with two attached hydrogens (primary N) is 1. The molecule has 0 heterocycles. The van der Waals surface area contributed by atoms with E-state index in [0.29, 0.717) is 0 Å².